The average Bonchev–Trinajstić information content (AvgIpc) is 2.78. The van der Waals surface area contributed by atoms with Crippen LogP contribution in [-0.4, -0.2) is 34.7 Å². The molecule has 2 unspecified atom stereocenters. The molecule has 0 amide bonds. The van der Waals surface area contributed by atoms with Crippen molar-refractivity contribution in [2.75, 3.05) is 6.54 Å². The molecule has 0 aliphatic carbocycles. The number of aromatic carboxylic acids is 1. The largest absolute Gasteiger partial charge is 0.480 e. The van der Waals surface area contributed by atoms with E-state index in [1.165, 1.54) is 12.1 Å². The second-order valence-corrected chi connectivity index (χ2v) is 4.21. The van der Waals surface area contributed by atoms with Crippen LogP contribution in [0.5, 0.6) is 0 Å². The minimum Gasteiger partial charge on any atom is -0.480 e. The number of hydrogen-bond acceptors (Lipinski definition) is 3. The van der Waals surface area contributed by atoms with Crippen molar-refractivity contribution in [1.29, 1.82) is 0 Å². The Morgan fingerprint density at radius 1 is 1.33 bits per heavy atom. The Morgan fingerprint density at radius 3 is 2.67 bits per heavy atom. The predicted molar refractivity (Wildman–Crippen MR) is 60.1 cm³/mol. The molecule has 2 rings (SSSR count). The monoisotopic (exact) mass is 253 g/mol. The van der Waals surface area contributed by atoms with Gasteiger partial charge in [0.2, 0.25) is 0 Å². The van der Waals surface area contributed by atoms with Crippen molar-refractivity contribution < 1.29 is 24.2 Å². The van der Waals surface area contributed by atoms with Gasteiger partial charge in [-0.2, -0.15) is 0 Å². The molecule has 3 N–H and O–H groups in total. The fourth-order valence-electron chi connectivity index (χ4n) is 2.26. The lowest BCUT2D eigenvalue weighted by atomic mass is 9.91. The average molecular weight is 253 g/mol. The van der Waals surface area contributed by atoms with E-state index < -0.39 is 29.4 Å². The Labute approximate surface area is 102 Å². The topological polar surface area (TPSA) is 86.6 Å². The highest BCUT2D eigenvalue weighted by atomic mass is 19.1. The van der Waals surface area contributed by atoms with Gasteiger partial charge in [-0.1, -0.05) is 6.07 Å². The number of nitrogens with one attached hydrogen (secondary N) is 1. The van der Waals surface area contributed by atoms with Crippen molar-refractivity contribution in [3.05, 3.63) is 35.1 Å². The lowest BCUT2D eigenvalue weighted by Gasteiger charge is -2.16. The molecule has 1 aromatic rings. The van der Waals surface area contributed by atoms with E-state index in [0.29, 0.717) is 18.5 Å². The van der Waals surface area contributed by atoms with Gasteiger partial charge < -0.3 is 15.5 Å². The van der Waals surface area contributed by atoms with Crippen LogP contribution in [0.15, 0.2) is 18.2 Å². The van der Waals surface area contributed by atoms with E-state index in [2.05, 4.69) is 5.32 Å². The fourth-order valence-corrected chi connectivity index (χ4v) is 2.26. The van der Waals surface area contributed by atoms with Gasteiger partial charge in [0.15, 0.2) is 0 Å². The zero-order valence-electron chi connectivity index (χ0n) is 9.39. The first-order chi connectivity index (χ1) is 8.50. The molecule has 1 fully saturated rings. The molecule has 1 heterocycles. The molecule has 18 heavy (non-hydrogen) atoms. The predicted octanol–water partition coefficient (Wildman–Crippen LogP) is 1.05. The fraction of sp³-hybridized carbons (Fsp3) is 0.333. The van der Waals surface area contributed by atoms with Gasteiger partial charge >= 0.3 is 11.9 Å². The molecule has 5 nitrogen and oxygen atoms in total. The molecule has 0 aromatic heterocycles. The Balaban J connectivity index is 2.36. The van der Waals surface area contributed by atoms with Gasteiger partial charge in [0, 0.05) is 5.92 Å². The molecule has 6 heteroatoms. The Hall–Kier alpha value is -1.95. The van der Waals surface area contributed by atoms with Crippen LogP contribution < -0.4 is 5.32 Å². The van der Waals surface area contributed by atoms with Crippen LogP contribution in [-0.2, 0) is 4.79 Å². The van der Waals surface area contributed by atoms with Crippen molar-refractivity contribution in [3.8, 4) is 0 Å². The molecule has 0 saturated carbocycles. The Morgan fingerprint density at radius 2 is 2.06 bits per heavy atom. The number of carboxylic acids is 2. The van der Waals surface area contributed by atoms with Crippen molar-refractivity contribution in [2.24, 2.45) is 0 Å². The van der Waals surface area contributed by atoms with Crippen LogP contribution in [0.25, 0.3) is 0 Å². The molecule has 96 valence electrons. The minimum absolute atomic E-state index is 0.332. The lowest BCUT2D eigenvalue weighted by molar-refractivity contribution is -0.139. The molecule has 1 aliphatic heterocycles. The molecule has 2 atom stereocenters. The third-order valence-electron chi connectivity index (χ3n) is 3.14. The van der Waals surface area contributed by atoms with E-state index in [4.69, 9.17) is 10.2 Å². The zero-order chi connectivity index (χ0) is 13.3. The van der Waals surface area contributed by atoms with Crippen LogP contribution in [0.3, 0.4) is 0 Å². The summed E-state index contributed by atoms with van der Waals surface area (Å²) < 4.78 is 13.3. The third-order valence-corrected chi connectivity index (χ3v) is 3.14. The number of carboxylic acid groups (broad SMARTS) is 2. The highest BCUT2D eigenvalue weighted by molar-refractivity contribution is 5.88. The lowest BCUT2D eigenvalue weighted by Crippen LogP contribution is -2.34. The smallest absolute Gasteiger partial charge is 0.338 e. The number of hydrogen-bond donors (Lipinski definition) is 3. The summed E-state index contributed by atoms with van der Waals surface area (Å²) in [6.45, 7) is 0.543. The summed E-state index contributed by atoms with van der Waals surface area (Å²) in [6.07, 6.45) is 0.585. The van der Waals surface area contributed by atoms with Crippen LogP contribution in [0, 0.1) is 5.82 Å². The summed E-state index contributed by atoms with van der Waals surface area (Å²) >= 11 is 0. The van der Waals surface area contributed by atoms with Crippen molar-refractivity contribution in [1.82, 2.24) is 5.32 Å². The summed E-state index contributed by atoms with van der Waals surface area (Å²) in [5, 5.41) is 20.7. The van der Waals surface area contributed by atoms with Crippen LogP contribution >= 0.6 is 0 Å². The zero-order valence-corrected chi connectivity index (χ0v) is 9.39. The first-order valence-corrected chi connectivity index (χ1v) is 5.49. The van der Waals surface area contributed by atoms with Gasteiger partial charge in [0.25, 0.3) is 0 Å². The number of rotatable bonds is 3. The standard InChI is InChI=1S/C12H12FNO4/c13-9-2-1-6(5-8(9)11(15)16)7-3-4-14-10(7)12(17)18/h1-2,5,7,10,14H,3-4H2,(H,15,16)(H,17,18). The van der Waals surface area contributed by atoms with Gasteiger partial charge in [-0.3, -0.25) is 4.79 Å². The molecule has 0 spiro atoms. The molecule has 1 saturated heterocycles. The molecule has 0 radical (unpaired) electrons. The molecular weight excluding hydrogens is 241 g/mol. The maximum Gasteiger partial charge on any atom is 0.338 e. The minimum atomic E-state index is -1.35. The summed E-state index contributed by atoms with van der Waals surface area (Å²) in [6, 6.07) is 2.97. The van der Waals surface area contributed by atoms with Crippen LogP contribution in [0.2, 0.25) is 0 Å². The number of aliphatic carboxylic acids is 1. The molecule has 1 aliphatic rings. The van der Waals surface area contributed by atoms with E-state index in [-0.39, 0.29) is 5.92 Å². The van der Waals surface area contributed by atoms with Crippen LogP contribution in [0.1, 0.15) is 28.3 Å². The second-order valence-electron chi connectivity index (χ2n) is 4.21. The van der Waals surface area contributed by atoms with E-state index in [1.807, 2.05) is 0 Å². The maximum absolute atomic E-state index is 13.3. The summed E-state index contributed by atoms with van der Waals surface area (Å²) in [5.41, 5.74) is 0.106. The van der Waals surface area contributed by atoms with Crippen molar-refractivity contribution in [2.45, 2.75) is 18.4 Å². The summed E-state index contributed by atoms with van der Waals surface area (Å²) in [7, 11) is 0. The van der Waals surface area contributed by atoms with Gasteiger partial charge in [-0.15, -0.1) is 0 Å². The number of halogens is 1. The Kier molecular flexibility index (Phi) is 3.29. The summed E-state index contributed by atoms with van der Waals surface area (Å²) in [5.74, 6) is -3.49. The van der Waals surface area contributed by atoms with E-state index in [0.717, 1.165) is 6.07 Å². The highest BCUT2D eigenvalue weighted by Crippen LogP contribution is 2.29. The van der Waals surface area contributed by atoms with E-state index in [9.17, 15) is 14.0 Å². The molecule has 0 bridgehead atoms. The number of carbonyl (C=O) groups is 2. The van der Waals surface area contributed by atoms with E-state index in [1.54, 1.807) is 0 Å². The van der Waals surface area contributed by atoms with Gasteiger partial charge in [0.05, 0.1) is 5.56 Å². The SMILES string of the molecule is O=C(O)c1cc(C2CCNC2C(=O)O)ccc1F. The third kappa shape index (κ3) is 2.19. The second kappa shape index (κ2) is 4.73. The van der Waals surface area contributed by atoms with Crippen molar-refractivity contribution in [3.63, 3.8) is 0 Å². The number of benzene rings is 1. The van der Waals surface area contributed by atoms with E-state index >= 15 is 0 Å². The quantitative estimate of drug-likeness (QED) is 0.749. The van der Waals surface area contributed by atoms with Crippen LogP contribution in [0.4, 0.5) is 4.39 Å². The normalized spacial score (nSPS) is 22.9. The Bertz CT molecular complexity index is 503. The molecular formula is C12H12FNO4. The van der Waals surface area contributed by atoms with Gasteiger partial charge in [-0.25, -0.2) is 9.18 Å². The summed E-state index contributed by atoms with van der Waals surface area (Å²) in [4.78, 5) is 21.9. The first-order valence-electron chi connectivity index (χ1n) is 5.49. The first kappa shape index (κ1) is 12.5. The van der Waals surface area contributed by atoms with Crippen molar-refractivity contribution >= 4 is 11.9 Å². The maximum atomic E-state index is 13.3. The van der Waals surface area contributed by atoms with Gasteiger partial charge in [0.1, 0.15) is 11.9 Å². The molecule has 1 aromatic carbocycles. The van der Waals surface area contributed by atoms with Gasteiger partial charge in [-0.05, 0) is 30.7 Å². The highest BCUT2D eigenvalue weighted by Gasteiger charge is 2.34.